The predicted octanol–water partition coefficient (Wildman–Crippen LogP) is 1.09. The summed E-state index contributed by atoms with van der Waals surface area (Å²) < 4.78 is 4.89. The van der Waals surface area contributed by atoms with E-state index < -0.39 is 48.8 Å². The highest BCUT2D eigenvalue weighted by atomic mass is 35.5. The number of amides is 2. The maximum atomic E-state index is 12.8. The van der Waals surface area contributed by atoms with Crippen molar-refractivity contribution in [2.45, 2.75) is 82.6 Å². The lowest BCUT2D eigenvalue weighted by atomic mass is 9.94. The van der Waals surface area contributed by atoms with Gasteiger partial charge in [0.15, 0.2) is 28.4 Å². The van der Waals surface area contributed by atoms with Gasteiger partial charge in [-0.2, -0.15) is 0 Å². The third kappa shape index (κ3) is 15.5. The van der Waals surface area contributed by atoms with Gasteiger partial charge in [-0.1, -0.05) is 67.1 Å². The number of hydrogen-bond acceptors (Lipinski definition) is 14. The second kappa shape index (κ2) is 24.0. The van der Waals surface area contributed by atoms with Crippen LogP contribution < -0.4 is 33.2 Å². The summed E-state index contributed by atoms with van der Waals surface area (Å²) in [5.41, 5.74) is 21.1. The van der Waals surface area contributed by atoms with Crippen LogP contribution >= 0.6 is 11.6 Å². The molecule has 0 saturated heterocycles. The van der Waals surface area contributed by atoms with Crippen LogP contribution in [0.3, 0.4) is 0 Å². The highest BCUT2D eigenvalue weighted by molar-refractivity contribution is 6.31. The Labute approximate surface area is 337 Å². The number of halogens is 1. The third-order valence-corrected chi connectivity index (χ3v) is 9.67. The molecule has 1 heterocycles. The fraction of sp³-hybridized carbons (Fsp3) is 0.487. The van der Waals surface area contributed by atoms with Crippen LogP contribution in [0, 0.1) is 5.92 Å². The number of nitrogen functional groups attached to an aromatic ring is 2. The molecule has 0 aliphatic carbocycles. The average Bonchev–Trinajstić information content (AvgIpc) is 3.21. The first-order valence-electron chi connectivity index (χ1n) is 18.8. The van der Waals surface area contributed by atoms with Gasteiger partial charge in [-0.15, -0.1) is 0 Å². The zero-order chi connectivity index (χ0) is 41.9. The van der Waals surface area contributed by atoms with E-state index in [2.05, 4.69) is 55.2 Å². The maximum absolute atomic E-state index is 12.8. The van der Waals surface area contributed by atoms with E-state index in [9.17, 15) is 29.7 Å². The van der Waals surface area contributed by atoms with E-state index in [1.165, 1.54) is 12.7 Å². The Bertz CT molecular complexity index is 1770. The van der Waals surface area contributed by atoms with Gasteiger partial charge in [-0.3, -0.25) is 19.9 Å². The molecule has 2 aromatic carbocycles. The largest absolute Gasteiger partial charge is 0.467 e. The van der Waals surface area contributed by atoms with E-state index in [0.717, 1.165) is 36.0 Å². The molecule has 17 nitrogen and oxygen atoms in total. The summed E-state index contributed by atoms with van der Waals surface area (Å²) in [6.45, 7) is 2.04. The molecule has 3 aromatic rings. The van der Waals surface area contributed by atoms with Crippen LogP contribution in [-0.2, 0) is 27.2 Å². The Kier molecular flexibility index (Phi) is 19.6. The molecule has 2 amide bonds. The van der Waals surface area contributed by atoms with Crippen molar-refractivity contribution in [3.63, 3.8) is 0 Å². The monoisotopic (exact) mass is 813 g/mol. The van der Waals surface area contributed by atoms with Crippen molar-refractivity contribution in [2.24, 2.45) is 16.6 Å². The fourth-order valence-corrected chi connectivity index (χ4v) is 5.95. The average molecular weight is 814 g/mol. The minimum atomic E-state index is -1.20. The van der Waals surface area contributed by atoms with Crippen molar-refractivity contribution in [3.8, 4) is 11.1 Å². The summed E-state index contributed by atoms with van der Waals surface area (Å²) in [4.78, 5) is 49.3. The molecule has 18 heteroatoms. The van der Waals surface area contributed by atoms with E-state index in [4.69, 9.17) is 38.6 Å². The molecule has 57 heavy (non-hydrogen) atoms. The second-order valence-corrected chi connectivity index (χ2v) is 14.1. The number of rotatable bonds is 23. The van der Waals surface area contributed by atoms with Crippen molar-refractivity contribution < 1.29 is 39.5 Å². The van der Waals surface area contributed by atoms with Gasteiger partial charge in [-0.25, -0.2) is 14.8 Å². The summed E-state index contributed by atoms with van der Waals surface area (Å²) in [7, 11) is 1.28. The normalized spacial score (nSPS) is 14.3. The number of nitrogens with one attached hydrogen (secondary N) is 3. The topological polar surface area (TPSA) is 294 Å². The Hall–Kier alpha value is -4.91. The smallest absolute Gasteiger partial charge is 0.328 e. The number of carbonyl (C=O) groups excluding carboxylic acids is 3. The van der Waals surface area contributed by atoms with Gasteiger partial charge < -0.3 is 53.0 Å². The van der Waals surface area contributed by atoms with Crippen LogP contribution in [0.2, 0.25) is 5.15 Å². The van der Waals surface area contributed by atoms with Crippen LogP contribution in [0.15, 0.2) is 53.5 Å². The minimum Gasteiger partial charge on any atom is -0.467 e. The molecule has 0 saturated carbocycles. The quantitative estimate of drug-likeness (QED) is 0.0278. The van der Waals surface area contributed by atoms with Gasteiger partial charge >= 0.3 is 5.97 Å². The number of esters is 1. The Morgan fingerprint density at radius 3 is 2.12 bits per heavy atom. The van der Waals surface area contributed by atoms with Crippen LogP contribution in [-0.4, -0.2) is 112 Å². The van der Waals surface area contributed by atoms with E-state index >= 15 is 0 Å². The number of aryl methyl sites for hydroxylation is 2. The summed E-state index contributed by atoms with van der Waals surface area (Å²) >= 11 is 5.83. The number of ether oxygens (including phenoxy) is 1. The number of benzene rings is 2. The van der Waals surface area contributed by atoms with Crippen LogP contribution in [0.5, 0.6) is 0 Å². The second-order valence-electron chi connectivity index (χ2n) is 13.7. The number of aliphatic hydroxyl groups is 4. The fourth-order valence-electron chi connectivity index (χ4n) is 5.82. The van der Waals surface area contributed by atoms with Gasteiger partial charge in [0.2, 0.25) is 5.91 Å². The van der Waals surface area contributed by atoms with Gasteiger partial charge in [0.1, 0.15) is 6.04 Å². The molecule has 1 aromatic heterocycles. The summed E-state index contributed by atoms with van der Waals surface area (Å²) in [6.07, 6.45) is 1.29. The molecule has 0 fully saturated rings. The number of aromatic nitrogens is 2. The number of aliphatic imine (C=N–C) groups is 1. The molecule has 3 rings (SSSR count). The van der Waals surface area contributed by atoms with Crippen molar-refractivity contribution in [1.82, 2.24) is 25.9 Å². The standard InChI is InChI=1S/C39H56ClN9O8/c1-23(30(52)22-50)33(54)29(51)21-44-19-5-4-8-28(38(56)57-2)46-31(53)18-13-25-11-16-27(17-12-25)26-14-9-24(10-15-26)7-3-6-20-45-39(43)49-37(55)32-35(41)48-36(42)34(40)47-32/h9-12,14-17,23,28-30,33,44,50-52,54H,3-8,13,18-22H2,1-2H3,(H,46,53)(H4,41,42,48)(H3,43,45,49,55)/t23-,28+,29+,30-,33+/m1/s1. The molecule has 0 radical (unpaired) electrons. The van der Waals surface area contributed by atoms with Crippen LogP contribution in [0.4, 0.5) is 11.6 Å². The number of anilines is 2. The predicted molar refractivity (Wildman–Crippen MR) is 218 cm³/mol. The maximum Gasteiger partial charge on any atom is 0.328 e. The van der Waals surface area contributed by atoms with Crippen LogP contribution in [0.25, 0.3) is 11.1 Å². The molecule has 0 bridgehead atoms. The van der Waals surface area contributed by atoms with Gasteiger partial charge in [0, 0.05) is 25.4 Å². The SMILES string of the molecule is COC(=O)[C@H](CCCCNC[C@H](O)[C@@H](O)[C@H](C)[C@H](O)CO)NC(=O)CCc1ccc(-c2ccc(CCCCN=C(N)NC(=O)c3nc(Cl)c(N)nc3N)cc2)cc1. The number of nitrogens with two attached hydrogens (primary N) is 3. The number of aliphatic hydroxyl groups excluding tert-OH is 4. The lowest BCUT2D eigenvalue weighted by Gasteiger charge is -2.26. The van der Waals surface area contributed by atoms with Crippen molar-refractivity contribution in [3.05, 3.63) is 70.5 Å². The lowest BCUT2D eigenvalue weighted by molar-refractivity contribution is -0.145. The molecule has 13 N–H and O–H groups in total. The number of carbonyl (C=O) groups is 3. The molecule has 0 spiro atoms. The molecular weight excluding hydrogens is 758 g/mol. The number of nitrogens with zero attached hydrogens (tertiary/aromatic N) is 3. The first-order chi connectivity index (χ1) is 27.2. The molecule has 0 aliphatic rings. The highest BCUT2D eigenvalue weighted by Gasteiger charge is 2.28. The zero-order valence-electron chi connectivity index (χ0n) is 32.4. The first kappa shape index (κ1) is 46.5. The molecule has 312 valence electrons. The minimum absolute atomic E-state index is 0.0728. The molecule has 0 unspecified atom stereocenters. The number of unbranched alkanes of at least 4 members (excludes halogenated alkanes) is 2. The van der Waals surface area contributed by atoms with E-state index in [0.29, 0.717) is 38.8 Å². The Balaban J connectivity index is 1.35. The van der Waals surface area contributed by atoms with Crippen molar-refractivity contribution in [2.75, 3.05) is 44.8 Å². The zero-order valence-corrected chi connectivity index (χ0v) is 33.1. The lowest BCUT2D eigenvalue weighted by Crippen LogP contribution is -2.44. The van der Waals surface area contributed by atoms with E-state index in [1.54, 1.807) is 6.92 Å². The summed E-state index contributed by atoms with van der Waals surface area (Å²) in [5.74, 6) is -2.50. The Morgan fingerprint density at radius 1 is 0.877 bits per heavy atom. The number of hydrogen-bond donors (Lipinski definition) is 10. The van der Waals surface area contributed by atoms with E-state index in [-0.39, 0.29) is 47.3 Å². The first-order valence-corrected chi connectivity index (χ1v) is 19.2. The molecule has 0 aliphatic heterocycles. The Morgan fingerprint density at radius 2 is 1.51 bits per heavy atom. The number of methoxy groups -OCH3 is 1. The summed E-state index contributed by atoms with van der Waals surface area (Å²) in [5, 5.41) is 47.1. The molecule has 5 atom stereocenters. The summed E-state index contributed by atoms with van der Waals surface area (Å²) in [6, 6.07) is 15.5. The van der Waals surface area contributed by atoms with Gasteiger partial charge in [0.05, 0.1) is 32.0 Å². The van der Waals surface area contributed by atoms with Crippen LogP contribution in [0.1, 0.15) is 67.1 Å². The van der Waals surface area contributed by atoms with Gasteiger partial charge in [0.25, 0.3) is 5.91 Å². The highest BCUT2D eigenvalue weighted by Crippen LogP contribution is 2.22. The van der Waals surface area contributed by atoms with Crippen molar-refractivity contribution in [1.29, 1.82) is 0 Å². The third-order valence-electron chi connectivity index (χ3n) is 9.40. The van der Waals surface area contributed by atoms with Crippen molar-refractivity contribution >= 4 is 47.0 Å². The van der Waals surface area contributed by atoms with Gasteiger partial charge in [-0.05, 0) is 73.7 Å². The number of guanidine groups is 1. The van der Waals surface area contributed by atoms with E-state index in [1.807, 2.05) is 24.3 Å². The molecular formula is C39H56ClN9O8.